The molecule has 4 nitrogen and oxygen atoms in total. The van der Waals surface area contributed by atoms with Gasteiger partial charge in [-0.1, -0.05) is 26.8 Å². The molecule has 0 saturated carbocycles. The molecule has 1 heterocycles. The maximum absolute atomic E-state index is 12.0. The van der Waals surface area contributed by atoms with E-state index in [4.69, 9.17) is 11.0 Å². The molecule has 0 aromatic rings. The van der Waals surface area contributed by atoms with Crippen molar-refractivity contribution in [2.24, 2.45) is 11.1 Å². The SMILES string of the molecule is CC(C)(C)C(N)C(=O)N1CC=C[C@H]1C#N. The lowest BCUT2D eigenvalue weighted by atomic mass is 9.86. The summed E-state index contributed by atoms with van der Waals surface area (Å²) < 4.78 is 0. The van der Waals surface area contributed by atoms with E-state index in [0.717, 1.165) is 0 Å². The molecule has 1 aliphatic rings. The molecule has 2 atom stereocenters. The van der Waals surface area contributed by atoms with Crippen LogP contribution < -0.4 is 5.73 Å². The van der Waals surface area contributed by atoms with Crippen LogP contribution >= 0.6 is 0 Å². The zero-order valence-electron chi connectivity index (χ0n) is 9.40. The highest BCUT2D eigenvalue weighted by molar-refractivity contribution is 5.83. The summed E-state index contributed by atoms with van der Waals surface area (Å²) in [5, 5.41) is 8.83. The molecule has 1 rings (SSSR count). The monoisotopic (exact) mass is 207 g/mol. The summed E-state index contributed by atoms with van der Waals surface area (Å²) in [6, 6.07) is 1.05. The van der Waals surface area contributed by atoms with E-state index in [2.05, 4.69) is 6.07 Å². The van der Waals surface area contributed by atoms with E-state index >= 15 is 0 Å². The lowest BCUT2D eigenvalue weighted by molar-refractivity contribution is -0.134. The van der Waals surface area contributed by atoms with Crippen LogP contribution in [-0.4, -0.2) is 29.4 Å². The third kappa shape index (κ3) is 2.37. The Morgan fingerprint density at radius 1 is 1.67 bits per heavy atom. The van der Waals surface area contributed by atoms with Crippen LogP contribution in [0.4, 0.5) is 0 Å². The number of carbonyl (C=O) groups excluding carboxylic acids is 1. The molecule has 0 fully saturated rings. The summed E-state index contributed by atoms with van der Waals surface area (Å²) in [6.45, 7) is 6.24. The number of hydrogen-bond donors (Lipinski definition) is 1. The van der Waals surface area contributed by atoms with Crippen LogP contribution in [0.25, 0.3) is 0 Å². The Morgan fingerprint density at radius 2 is 2.27 bits per heavy atom. The first-order valence-corrected chi connectivity index (χ1v) is 5.00. The molecule has 1 unspecified atom stereocenters. The molecular formula is C11H17N3O. The fourth-order valence-corrected chi connectivity index (χ4v) is 1.41. The van der Waals surface area contributed by atoms with Gasteiger partial charge in [0.05, 0.1) is 12.1 Å². The number of nitriles is 1. The highest BCUT2D eigenvalue weighted by Crippen LogP contribution is 2.21. The van der Waals surface area contributed by atoms with Crippen molar-refractivity contribution in [1.29, 1.82) is 5.26 Å². The van der Waals surface area contributed by atoms with Gasteiger partial charge in [-0.2, -0.15) is 5.26 Å². The second-order valence-corrected chi connectivity index (χ2v) is 4.84. The number of nitrogens with zero attached hydrogens (tertiary/aromatic N) is 2. The molecule has 0 aliphatic carbocycles. The zero-order valence-corrected chi connectivity index (χ0v) is 9.40. The van der Waals surface area contributed by atoms with Crippen LogP contribution in [0.2, 0.25) is 0 Å². The topological polar surface area (TPSA) is 70.1 Å². The van der Waals surface area contributed by atoms with Crippen molar-refractivity contribution in [3.8, 4) is 6.07 Å². The maximum atomic E-state index is 12.0. The van der Waals surface area contributed by atoms with Gasteiger partial charge in [0, 0.05) is 6.54 Å². The quantitative estimate of drug-likeness (QED) is 0.642. The first kappa shape index (κ1) is 11.7. The maximum Gasteiger partial charge on any atom is 0.241 e. The lowest BCUT2D eigenvalue weighted by Gasteiger charge is -2.31. The fourth-order valence-electron chi connectivity index (χ4n) is 1.41. The predicted molar refractivity (Wildman–Crippen MR) is 57.7 cm³/mol. The summed E-state index contributed by atoms with van der Waals surface area (Å²) in [4.78, 5) is 13.5. The average Bonchev–Trinajstić information content (AvgIpc) is 2.61. The van der Waals surface area contributed by atoms with Gasteiger partial charge in [0.1, 0.15) is 6.04 Å². The number of amides is 1. The van der Waals surface area contributed by atoms with Crippen LogP contribution in [-0.2, 0) is 4.79 Å². The molecule has 0 aromatic carbocycles. The van der Waals surface area contributed by atoms with Crippen molar-refractivity contribution in [2.75, 3.05) is 6.54 Å². The average molecular weight is 207 g/mol. The van der Waals surface area contributed by atoms with E-state index < -0.39 is 12.1 Å². The highest BCUT2D eigenvalue weighted by atomic mass is 16.2. The number of carbonyl (C=O) groups is 1. The van der Waals surface area contributed by atoms with Crippen molar-refractivity contribution in [3.05, 3.63) is 12.2 Å². The van der Waals surface area contributed by atoms with Crippen LogP contribution in [0.15, 0.2) is 12.2 Å². The molecule has 0 bridgehead atoms. The van der Waals surface area contributed by atoms with Gasteiger partial charge >= 0.3 is 0 Å². The molecule has 82 valence electrons. The van der Waals surface area contributed by atoms with Crippen molar-refractivity contribution in [2.45, 2.75) is 32.9 Å². The second-order valence-electron chi connectivity index (χ2n) is 4.84. The molecule has 15 heavy (non-hydrogen) atoms. The number of rotatable bonds is 1. The fraction of sp³-hybridized carbons (Fsp3) is 0.636. The highest BCUT2D eigenvalue weighted by Gasteiger charge is 2.34. The van der Waals surface area contributed by atoms with Crippen molar-refractivity contribution >= 4 is 5.91 Å². The van der Waals surface area contributed by atoms with Gasteiger partial charge in [-0.25, -0.2) is 0 Å². The van der Waals surface area contributed by atoms with E-state index in [1.54, 1.807) is 6.08 Å². The molecule has 1 amide bonds. The Labute approximate surface area is 90.3 Å². The standard InChI is InChI=1S/C11H17N3O/c1-11(2,3)9(13)10(15)14-6-4-5-8(14)7-12/h4-5,8-9H,6,13H2,1-3H3/t8-,9?/m0/s1. The minimum absolute atomic E-state index is 0.154. The van der Waals surface area contributed by atoms with E-state index in [1.807, 2.05) is 26.8 Å². The predicted octanol–water partition coefficient (Wildman–Crippen LogP) is 0.650. The minimum Gasteiger partial charge on any atom is -0.319 e. The Bertz CT molecular complexity index is 322. The molecule has 0 saturated heterocycles. The van der Waals surface area contributed by atoms with Crippen molar-refractivity contribution in [1.82, 2.24) is 4.90 Å². The Kier molecular flexibility index (Phi) is 3.15. The van der Waals surface area contributed by atoms with Gasteiger partial charge in [-0.05, 0) is 11.5 Å². The Balaban J connectivity index is 2.75. The van der Waals surface area contributed by atoms with E-state index in [9.17, 15) is 4.79 Å². The normalized spacial score (nSPS) is 22.6. The summed E-state index contributed by atoms with van der Waals surface area (Å²) >= 11 is 0. The third-order valence-corrected chi connectivity index (χ3v) is 2.57. The van der Waals surface area contributed by atoms with Crippen molar-refractivity contribution < 1.29 is 4.79 Å². The Morgan fingerprint density at radius 3 is 2.73 bits per heavy atom. The van der Waals surface area contributed by atoms with Crippen molar-refractivity contribution in [3.63, 3.8) is 0 Å². The first-order valence-electron chi connectivity index (χ1n) is 5.00. The molecule has 1 aliphatic heterocycles. The smallest absolute Gasteiger partial charge is 0.241 e. The second kappa shape index (κ2) is 4.03. The molecule has 2 N–H and O–H groups in total. The number of hydrogen-bond acceptors (Lipinski definition) is 3. The minimum atomic E-state index is -0.562. The van der Waals surface area contributed by atoms with E-state index in [1.165, 1.54) is 4.90 Å². The summed E-state index contributed by atoms with van der Waals surface area (Å²) in [5.74, 6) is -0.154. The van der Waals surface area contributed by atoms with Crippen LogP contribution in [0, 0.1) is 16.7 Å². The summed E-state index contributed by atoms with van der Waals surface area (Å²) in [7, 11) is 0. The lowest BCUT2D eigenvalue weighted by Crippen LogP contribution is -2.51. The molecular weight excluding hydrogens is 190 g/mol. The molecule has 0 aromatic heterocycles. The molecule has 0 radical (unpaired) electrons. The molecule has 0 spiro atoms. The van der Waals surface area contributed by atoms with Crippen LogP contribution in [0.1, 0.15) is 20.8 Å². The number of nitrogens with two attached hydrogens (primary N) is 1. The van der Waals surface area contributed by atoms with Gasteiger partial charge < -0.3 is 10.6 Å². The third-order valence-electron chi connectivity index (χ3n) is 2.57. The first-order chi connectivity index (χ1) is 6.88. The summed E-state index contributed by atoms with van der Waals surface area (Å²) in [5.41, 5.74) is 5.58. The molecule has 4 heteroatoms. The van der Waals surface area contributed by atoms with E-state index in [-0.39, 0.29) is 11.3 Å². The van der Waals surface area contributed by atoms with Gasteiger partial charge in [0.2, 0.25) is 5.91 Å². The summed E-state index contributed by atoms with van der Waals surface area (Å²) in [6.07, 6.45) is 3.55. The van der Waals surface area contributed by atoms with Gasteiger partial charge in [-0.15, -0.1) is 0 Å². The van der Waals surface area contributed by atoms with Gasteiger partial charge in [-0.3, -0.25) is 4.79 Å². The van der Waals surface area contributed by atoms with Gasteiger partial charge in [0.25, 0.3) is 0 Å². The van der Waals surface area contributed by atoms with Crippen LogP contribution in [0.3, 0.4) is 0 Å². The zero-order chi connectivity index (χ0) is 11.6. The van der Waals surface area contributed by atoms with Crippen LogP contribution in [0.5, 0.6) is 0 Å². The Hall–Kier alpha value is -1.34. The van der Waals surface area contributed by atoms with Gasteiger partial charge in [0.15, 0.2) is 0 Å². The largest absolute Gasteiger partial charge is 0.319 e. The van der Waals surface area contributed by atoms with E-state index in [0.29, 0.717) is 6.54 Å².